The second-order valence-corrected chi connectivity index (χ2v) is 3.21. The second kappa shape index (κ2) is 3.72. The van der Waals surface area contributed by atoms with Gasteiger partial charge in [0, 0.05) is 0 Å². The van der Waals surface area contributed by atoms with Crippen LogP contribution in [0.25, 0.3) is 0 Å². The molecule has 3 nitrogen and oxygen atoms in total. The Morgan fingerprint density at radius 1 is 1.45 bits per heavy atom. The van der Waals surface area contributed by atoms with E-state index in [9.17, 15) is 9.90 Å². The zero-order chi connectivity index (χ0) is 8.27. The lowest BCUT2D eigenvalue weighted by atomic mass is 9.98. The molecular weight excluding hydrogens is 144 g/mol. The number of carbonyl (C=O) groups is 1. The predicted molar refractivity (Wildman–Crippen MR) is 40.2 cm³/mol. The van der Waals surface area contributed by atoms with E-state index in [4.69, 9.17) is 5.11 Å². The third-order valence-corrected chi connectivity index (χ3v) is 2.33. The quantitative estimate of drug-likeness (QED) is 0.644. The van der Waals surface area contributed by atoms with Crippen molar-refractivity contribution in [2.45, 2.75) is 38.2 Å². The lowest BCUT2D eigenvalue weighted by molar-refractivity contribution is -0.139. The van der Waals surface area contributed by atoms with Crippen LogP contribution in [-0.2, 0) is 4.79 Å². The van der Waals surface area contributed by atoms with Crippen LogP contribution in [0.1, 0.15) is 32.1 Å². The molecule has 0 bridgehead atoms. The van der Waals surface area contributed by atoms with E-state index in [-0.39, 0.29) is 12.3 Å². The van der Waals surface area contributed by atoms with Gasteiger partial charge in [-0.05, 0) is 18.8 Å². The molecular formula is C8H14O3. The van der Waals surface area contributed by atoms with Crippen molar-refractivity contribution in [3.63, 3.8) is 0 Å². The largest absolute Gasteiger partial charge is 0.481 e. The van der Waals surface area contributed by atoms with Crippen molar-refractivity contribution in [2.75, 3.05) is 0 Å². The highest BCUT2D eigenvalue weighted by molar-refractivity contribution is 5.67. The first-order valence-corrected chi connectivity index (χ1v) is 4.10. The minimum Gasteiger partial charge on any atom is -0.481 e. The number of aliphatic hydroxyl groups excluding tert-OH is 1. The minimum absolute atomic E-state index is 0.0926. The van der Waals surface area contributed by atoms with Gasteiger partial charge in [0.1, 0.15) is 0 Å². The van der Waals surface area contributed by atoms with E-state index >= 15 is 0 Å². The van der Waals surface area contributed by atoms with E-state index in [0.29, 0.717) is 0 Å². The number of rotatable bonds is 3. The molecule has 1 saturated carbocycles. The van der Waals surface area contributed by atoms with Crippen molar-refractivity contribution in [3.8, 4) is 0 Å². The summed E-state index contributed by atoms with van der Waals surface area (Å²) in [6, 6.07) is 0. The number of hydrogen-bond acceptors (Lipinski definition) is 2. The summed E-state index contributed by atoms with van der Waals surface area (Å²) in [5, 5.41) is 17.7. The number of aliphatic carboxylic acids is 1. The summed E-state index contributed by atoms with van der Waals surface area (Å²) in [5.41, 5.74) is 0. The van der Waals surface area contributed by atoms with Crippen LogP contribution in [0.3, 0.4) is 0 Å². The third-order valence-electron chi connectivity index (χ3n) is 2.33. The smallest absolute Gasteiger partial charge is 0.305 e. The van der Waals surface area contributed by atoms with Crippen molar-refractivity contribution < 1.29 is 15.0 Å². The molecule has 0 spiro atoms. The van der Waals surface area contributed by atoms with Gasteiger partial charge in [0.05, 0.1) is 12.5 Å². The standard InChI is InChI=1S/C8H14O3/c9-7(5-8(10)11)6-3-1-2-4-6/h6-7,9H,1-5H2,(H,10,11)/t7-/m1/s1. The minimum atomic E-state index is -0.899. The fourth-order valence-corrected chi connectivity index (χ4v) is 1.69. The summed E-state index contributed by atoms with van der Waals surface area (Å²) in [6.07, 6.45) is 3.56. The van der Waals surface area contributed by atoms with Crippen LogP contribution in [0.15, 0.2) is 0 Å². The van der Waals surface area contributed by atoms with Gasteiger partial charge < -0.3 is 10.2 Å². The highest BCUT2D eigenvalue weighted by atomic mass is 16.4. The first-order valence-electron chi connectivity index (χ1n) is 4.10. The van der Waals surface area contributed by atoms with Gasteiger partial charge in [-0.3, -0.25) is 4.79 Å². The van der Waals surface area contributed by atoms with Crippen LogP contribution in [0, 0.1) is 5.92 Å². The molecule has 0 radical (unpaired) electrons. The van der Waals surface area contributed by atoms with E-state index in [1.807, 2.05) is 0 Å². The number of aliphatic hydroxyl groups is 1. The Bertz CT molecular complexity index is 138. The molecule has 64 valence electrons. The first-order chi connectivity index (χ1) is 5.20. The summed E-state index contributed by atoms with van der Waals surface area (Å²) in [7, 11) is 0. The molecule has 0 aromatic carbocycles. The lowest BCUT2D eigenvalue weighted by Gasteiger charge is -2.14. The molecule has 0 aromatic rings. The molecule has 0 heterocycles. The second-order valence-electron chi connectivity index (χ2n) is 3.21. The molecule has 0 amide bonds. The maximum atomic E-state index is 10.2. The zero-order valence-corrected chi connectivity index (χ0v) is 6.49. The molecule has 3 heteroatoms. The maximum Gasteiger partial charge on any atom is 0.305 e. The van der Waals surface area contributed by atoms with Crippen molar-refractivity contribution in [2.24, 2.45) is 5.92 Å². The Morgan fingerprint density at radius 3 is 2.45 bits per heavy atom. The van der Waals surface area contributed by atoms with Crippen molar-refractivity contribution in [1.29, 1.82) is 0 Å². The van der Waals surface area contributed by atoms with E-state index in [1.54, 1.807) is 0 Å². The predicted octanol–water partition coefficient (Wildman–Crippen LogP) is 1.01. The van der Waals surface area contributed by atoms with Crippen LogP contribution in [0.4, 0.5) is 0 Å². The van der Waals surface area contributed by atoms with Gasteiger partial charge >= 0.3 is 5.97 Å². The van der Waals surface area contributed by atoms with Crippen LogP contribution < -0.4 is 0 Å². The van der Waals surface area contributed by atoms with Crippen LogP contribution in [0.5, 0.6) is 0 Å². The Kier molecular flexibility index (Phi) is 2.88. The molecule has 0 saturated heterocycles. The van der Waals surface area contributed by atoms with Crippen molar-refractivity contribution in [3.05, 3.63) is 0 Å². The Hall–Kier alpha value is -0.570. The van der Waals surface area contributed by atoms with Crippen LogP contribution >= 0.6 is 0 Å². The molecule has 0 aliphatic heterocycles. The first kappa shape index (κ1) is 8.53. The molecule has 1 rings (SSSR count). The van der Waals surface area contributed by atoms with Gasteiger partial charge in [-0.15, -0.1) is 0 Å². The average molecular weight is 158 g/mol. The molecule has 1 aliphatic rings. The van der Waals surface area contributed by atoms with E-state index in [2.05, 4.69) is 0 Å². The van der Waals surface area contributed by atoms with Crippen molar-refractivity contribution >= 4 is 5.97 Å². The van der Waals surface area contributed by atoms with Crippen molar-refractivity contribution in [1.82, 2.24) is 0 Å². The molecule has 0 unspecified atom stereocenters. The van der Waals surface area contributed by atoms with E-state index < -0.39 is 12.1 Å². The Labute approximate surface area is 66.0 Å². The number of carboxylic acid groups (broad SMARTS) is 1. The van der Waals surface area contributed by atoms with Crippen LogP contribution in [0.2, 0.25) is 0 Å². The van der Waals surface area contributed by atoms with E-state index in [1.165, 1.54) is 0 Å². The molecule has 1 fully saturated rings. The fraction of sp³-hybridized carbons (Fsp3) is 0.875. The zero-order valence-electron chi connectivity index (χ0n) is 6.49. The molecule has 11 heavy (non-hydrogen) atoms. The summed E-state index contributed by atoms with van der Waals surface area (Å²) >= 11 is 0. The summed E-state index contributed by atoms with van der Waals surface area (Å²) < 4.78 is 0. The third kappa shape index (κ3) is 2.50. The van der Waals surface area contributed by atoms with E-state index in [0.717, 1.165) is 25.7 Å². The Balaban J connectivity index is 2.28. The molecule has 0 aromatic heterocycles. The summed E-state index contributed by atoms with van der Waals surface area (Å²) in [6.45, 7) is 0. The van der Waals surface area contributed by atoms with Gasteiger partial charge in [0.15, 0.2) is 0 Å². The highest BCUT2D eigenvalue weighted by Gasteiger charge is 2.24. The molecule has 2 N–H and O–H groups in total. The van der Waals surface area contributed by atoms with Gasteiger partial charge in [0.25, 0.3) is 0 Å². The number of carboxylic acids is 1. The topological polar surface area (TPSA) is 57.5 Å². The fourth-order valence-electron chi connectivity index (χ4n) is 1.69. The highest BCUT2D eigenvalue weighted by Crippen LogP contribution is 2.28. The maximum absolute atomic E-state index is 10.2. The lowest BCUT2D eigenvalue weighted by Crippen LogP contribution is -2.21. The van der Waals surface area contributed by atoms with Gasteiger partial charge in [-0.1, -0.05) is 12.8 Å². The normalized spacial score (nSPS) is 21.9. The summed E-state index contributed by atoms with van der Waals surface area (Å²) in [5.74, 6) is -0.657. The SMILES string of the molecule is O=C(O)C[C@@H](O)C1CCCC1. The van der Waals surface area contributed by atoms with Gasteiger partial charge in [-0.2, -0.15) is 0 Å². The summed E-state index contributed by atoms with van der Waals surface area (Å²) in [4.78, 5) is 10.2. The Morgan fingerprint density at radius 2 is 2.00 bits per heavy atom. The number of hydrogen-bond donors (Lipinski definition) is 2. The van der Waals surface area contributed by atoms with Gasteiger partial charge in [-0.25, -0.2) is 0 Å². The average Bonchev–Trinajstić information content (AvgIpc) is 2.35. The monoisotopic (exact) mass is 158 g/mol. The van der Waals surface area contributed by atoms with Crippen LogP contribution in [-0.4, -0.2) is 22.3 Å². The molecule has 1 aliphatic carbocycles. The van der Waals surface area contributed by atoms with Gasteiger partial charge in [0.2, 0.25) is 0 Å². The molecule has 1 atom stereocenters.